The molecule has 188 valence electrons. The number of hydrogen-bond acceptors (Lipinski definition) is 3. The molecular weight excluding hydrogens is 454 g/mol. The van der Waals surface area contributed by atoms with Crippen LogP contribution in [0.3, 0.4) is 0 Å². The zero-order valence-electron chi connectivity index (χ0n) is 22.2. The Morgan fingerprint density at radius 1 is 0.784 bits per heavy atom. The van der Waals surface area contributed by atoms with Gasteiger partial charge in [0, 0.05) is 5.41 Å². The number of benzene rings is 4. The Balaban J connectivity index is 1.70. The summed E-state index contributed by atoms with van der Waals surface area (Å²) in [6, 6.07) is 33.7. The van der Waals surface area contributed by atoms with Crippen molar-refractivity contribution < 1.29 is 9.47 Å². The molecule has 1 heterocycles. The molecule has 3 heteroatoms. The number of fused-ring (bicyclic) bond motifs is 1. The number of para-hydroxylation sites is 1. The SMILES string of the molecule is CCOc1cccc2c1NC(c1ccc(OC)cc1)C1(CC1)C2(c1ccc(C)cc1)c1ccc(C)cc1. The lowest BCUT2D eigenvalue weighted by molar-refractivity contribution is 0.280. The van der Waals surface area contributed by atoms with Crippen molar-refractivity contribution in [2.24, 2.45) is 5.41 Å². The van der Waals surface area contributed by atoms with Crippen molar-refractivity contribution in [1.82, 2.24) is 0 Å². The van der Waals surface area contributed by atoms with Gasteiger partial charge in [0.25, 0.3) is 0 Å². The summed E-state index contributed by atoms with van der Waals surface area (Å²) in [5, 5.41) is 4.01. The second kappa shape index (κ2) is 8.99. The third kappa shape index (κ3) is 3.55. The smallest absolute Gasteiger partial charge is 0.142 e. The molecule has 0 amide bonds. The Morgan fingerprint density at radius 3 is 1.89 bits per heavy atom. The molecule has 1 fully saturated rings. The van der Waals surface area contributed by atoms with Gasteiger partial charge in [0.2, 0.25) is 0 Å². The number of aryl methyl sites for hydroxylation is 2. The fraction of sp³-hybridized carbons (Fsp3) is 0.294. The third-order valence-electron chi connectivity index (χ3n) is 8.53. The van der Waals surface area contributed by atoms with E-state index in [1.165, 1.54) is 33.4 Å². The second-order valence-corrected chi connectivity index (χ2v) is 10.6. The molecular formula is C34H35NO2. The highest BCUT2D eigenvalue weighted by Gasteiger charge is 2.68. The van der Waals surface area contributed by atoms with Crippen molar-refractivity contribution in [3.63, 3.8) is 0 Å². The Morgan fingerprint density at radius 2 is 1.38 bits per heavy atom. The van der Waals surface area contributed by atoms with E-state index >= 15 is 0 Å². The summed E-state index contributed by atoms with van der Waals surface area (Å²) in [6.45, 7) is 7.01. The van der Waals surface area contributed by atoms with Gasteiger partial charge in [-0.05, 0) is 74.1 Å². The molecule has 0 radical (unpaired) electrons. The van der Waals surface area contributed by atoms with E-state index in [0.717, 1.165) is 30.0 Å². The predicted molar refractivity (Wildman–Crippen MR) is 151 cm³/mol. The van der Waals surface area contributed by atoms with Gasteiger partial charge in [-0.25, -0.2) is 0 Å². The van der Waals surface area contributed by atoms with Crippen LogP contribution in [0.4, 0.5) is 5.69 Å². The molecule has 0 saturated heterocycles. The summed E-state index contributed by atoms with van der Waals surface area (Å²) in [6.07, 6.45) is 2.27. The topological polar surface area (TPSA) is 30.5 Å². The molecule has 1 saturated carbocycles. The van der Waals surface area contributed by atoms with E-state index in [1.807, 2.05) is 0 Å². The maximum atomic E-state index is 6.23. The summed E-state index contributed by atoms with van der Waals surface area (Å²) < 4.78 is 11.7. The van der Waals surface area contributed by atoms with Crippen molar-refractivity contribution >= 4 is 5.69 Å². The summed E-state index contributed by atoms with van der Waals surface area (Å²) >= 11 is 0. The van der Waals surface area contributed by atoms with Gasteiger partial charge in [0.15, 0.2) is 0 Å². The molecule has 37 heavy (non-hydrogen) atoms. The standard InChI is InChI=1S/C34H35NO2/c1-5-37-30-8-6-7-29-31(30)35-32(25-13-19-28(36-4)20-14-25)33(21-22-33)34(29,26-15-9-23(2)10-16-26)27-17-11-24(3)12-18-27/h6-20,32,35H,5,21-22H2,1-4H3. The van der Waals surface area contributed by atoms with Crippen LogP contribution in [0.15, 0.2) is 91.0 Å². The van der Waals surface area contributed by atoms with E-state index in [1.54, 1.807) is 7.11 Å². The molecule has 1 aliphatic carbocycles. The Labute approximate surface area is 220 Å². The molecule has 0 bridgehead atoms. The fourth-order valence-electron chi connectivity index (χ4n) is 6.69. The highest BCUT2D eigenvalue weighted by atomic mass is 16.5. The van der Waals surface area contributed by atoms with Crippen LogP contribution in [0.2, 0.25) is 0 Å². The lowest BCUT2D eigenvalue weighted by Crippen LogP contribution is -2.48. The van der Waals surface area contributed by atoms with Crippen molar-refractivity contribution in [3.05, 3.63) is 124 Å². The van der Waals surface area contributed by atoms with Crippen LogP contribution in [0, 0.1) is 19.3 Å². The molecule has 1 unspecified atom stereocenters. The number of anilines is 1. The van der Waals surface area contributed by atoms with E-state index < -0.39 is 0 Å². The zero-order valence-corrected chi connectivity index (χ0v) is 22.2. The van der Waals surface area contributed by atoms with Crippen LogP contribution < -0.4 is 14.8 Å². The average molecular weight is 490 g/mol. The van der Waals surface area contributed by atoms with E-state index in [2.05, 4.69) is 117 Å². The van der Waals surface area contributed by atoms with Crippen LogP contribution in [-0.2, 0) is 5.41 Å². The van der Waals surface area contributed by atoms with Crippen LogP contribution in [0.25, 0.3) is 0 Å². The predicted octanol–water partition coefficient (Wildman–Crippen LogP) is 7.99. The molecule has 4 aromatic rings. The summed E-state index contributed by atoms with van der Waals surface area (Å²) in [5.41, 5.74) is 8.56. The van der Waals surface area contributed by atoms with Gasteiger partial charge in [-0.15, -0.1) is 0 Å². The van der Waals surface area contributed by atoms with Crippen molar-refractivity contribution in [3.8, 4) is 11.5 Å². The number of rotatable bonds is 6. The maximum absolute atomic E-state index is 6.23. The molecule has 1 aliphatic heterocycles. The quantitative estimate of drug-likeness (QED) is 0.298. The summed E-state index contributed by atoms with van der Waals surface area (Å²) in [4.78, 5) is 0. The van der Waals surface area contributed by atoms with E-state index in [0.29, 0.717) is 6.61 Å². The first kappa shape index (κ1) is 23.7. The molecule has 1 atom stereocenters. The van der Waals surface area contributed by atoms with Gasteiger partial charge in [-0.2, -0.15) is 0 Å². The number of methoxy groups -OCH3 is 1. The highest BCUT2D eigenvalue weighted by molar-refractivity contribution is 5.75. The summed E-state index contributed by atoms with van der Waals surface area (Å²) in [7, 11) is 1.72. The minimum Gasteiger partial charge on any atom is -0.497 e. The van der Waals surface area contributed by atoms with Gasteiger partial charge in [-0.1, -0.05) is 83.9 Å². The Bertz CT molecular complexity index is 1350. The van der Waals surface area contributed by atoms with Crippen molar-refractivity contribution in [2.45, 2.75) is 45.1 Å². The van der Waals surface area contributed by atoms with Gasteiger partial charge >= 0.3 is 0 Å². The third-order valence-corrected chi connectivity index (χ3v) is 8.53. The number of hydrogen-bond donors (Lipinski definition) is 1. The number of ether oxygens (including phenoxy) is 2. The minimum atomic E-state index is -0.327. The van der Waals surface area contributed by atoms with Crippen molar-refractivity contribution in [2.75, 3.05) is 19.0 Å². The van der Waals surface area contributed by atoms with Crippen LogP contribution in [0.5, 0.6) is 11.5 Å². The monoisotopic (exact) mass is 489 g/mol. The zero-order chi connectivity index (χ0) is 25.6. The maximum Gasteiger partial charge on any atom is 0.142 e. The van der Waals surface area contributed by atoms with Gasteiger partial charge in [-0.3, -0.25) is 0 Å². The Hall–Kier alpha value is -3.72. The first-order chi connectivity index (χ1) is 18.0. The van der Waals surface area contributed by atoms with Gasteiger partial charge in [0.05, 0.1) is 30.9 Å². The van der Waals surface area contributed by atoms with E-state index in [-0.39, 0.29) is 16.9 Å². The van der Waals surface area contributed by atoms with Crippen molar-refractivity contribution in [1.29, 1.82) is 0 Å². The lowest BCUT2D eigenvalue weighted by atomic mass is 9.54. The Kier molecular flexibility index (Phi) is 5.75. The number of nitrogens with one attached hydrogen (secondary N) is 1. The second-order valence-electron chi connectivity index (χ2n) is 10.6. The fourth-order valence-corrected chi connectivity index (χ4v) is 6.69. The largest absolute Gasteiger partial charge is 0.497 e. The van der Waals surface area contributed by atoms with Gasteiger partial charge < -0.3 is 14.8 Å². The van der Waals surface area contributed by atoms with Gasteiger partial charge in [0.1, 0.15) is 11.5 Å². The van der Waals surface area contributed by atoms with Crippen LogP contribution >= 0.6 is 0 Å². The minimum absolute atomic E-state index is 0.0239. The van der Waals surface area contributed by atoms with Crippen LogP contribution in [0.1, 0.15) is 59.2 Å². The molecule has 3 nitrogen and oxygen atoms in total. The molecule has 6 rings (SSSR count). The molecule has 1 N–H and O–H groups in total. The van der Waals surface area contributed by atoms with E-state index in [4.69, 9.17) is 9.47 Å². The normalized spacial score (nSPS) is 18.5. The van der Waals surface area contributed by atoms with E-state index in [9.17, 15) is 0 Å². The first-order valence-electron chi connectivity index (χ1n) is 13.3. The molecule has 1 spiro atoms. The average Bonchev–Trinajstić information content (AvgIpc) is 3.72. The lowest BCUT2D eigenvalue weighted by Gasteiger charge is -2.52. The summed E-state index contributed by atoms with van der Waals surface area (Å²) in [5.74, 6) is 1.79. The first-order valence-corrected chi connectivity index (χ1v) is 13.3. The molecule has 0 aromatic heterocycles. The molecule has 4 aromatic carbocycles. The molecule has 2 aliphatic rings. The van der Waals surface area contributed by atoms with Crippen LogP contribution in [-0.4, -0.2) is 13.7 Å². The highest BCUT2D eigenvalue weighted by Crippen LogP contribution is 2.74.